The van der Waals surface area contributed by atoms with Crippen LogP contribution in [0.3, 0.4) is 0 Å². The maximum Gasteiger partial charge on any atom is 0.0354 e. The predicted octanol–water partition coefficient (Wildman–Crippen LogP) is 3.62. The lowest BCUT2D eigenvalue weighted by Gasteiger charge is -2.27. The highest BCUT2D eigenvalue weighted by molar-refractivity contribution is 5.39. The number of hydrogen-bond acceptors (Lipinski definition) is 1. The highest BCUT2D eigenvalue weighted by Crippen LogP contribution is 2.40. The van der Waals surface area contributed by atoms with Crippen LogP contribution in [-0.2, 0) is 6.42 Å². The summed E-state index contributed by atoms with van der Waals surface area (Å²) in [6.07, 6.45) is 4.06. The van der Waals surface area contributed by atoms with Crippen LogP contribution in [0.5, 0.6) is 0 Å². The first kappa shape index (κ1) is 11.7. The zero-order chi connectivity index (χ0) is 11.5. The van der Waals surface area contributed by atoms with E-state index in [4.69, 9.17) is 0 Å². The van der Waals surface area contributed by atoms with Gasteiger partial charge in [-0.15, -0.1) is 0 Å². The van der Waals surface area contributed by atoms with Crippen molar-refractivity contribution < 1.29 is 0 Å². The molecule has 0 bridgehead atoms. The van der Waals surface area contributed by atoms with Crippen LogP contribution in [0.4, 0.5) is 0 Å². The Bertz CT molecular complexity index is 356. The molecule has 16 heavy (non-hydrogen) atoms. The van der Waals surface area contributed by atoms with Crippen LogP contribution in [0, 0.1) is 12.8 Å². The highest BCUT2D eigenvalue weighted by Gasteiger charge is 2.33. The van der Waals surface area contributed by atoms with Gasteiger partial charge in [-0.05, 0) is 49.8 Å². The Labute approximate surface area is 99.3 Å². The second-order valence-electron chi connectivity index (χ2n) is 4.74. The first-order valence-electron chi connectivity index (χ1n) is 6.67. The first-order valence-corrected chi connectivity index (χ1v) is 6.67. The summed E-state index contributed by atoms with van der Waals surface area (Å²) >= 11 is 0. The Morgan fingerprint density at radius 1 is 1.25 bits per heavy atom. The summed E-state index contributed by atoms with van der Waals surface area (Å²) in [4.78, 5) is 0. The van der Waals surface area contributed by atoms with Crippen molar-refractivity contribution in [3.8, 4) is 0 Å². The minimum absolute atomic E-state index is 0.666. The summed E-state index contributed by atoms with van der Waals surface area (Å²) < 4.78 is 0. The van der Waals surface area contributed by atoms with Gasteiger partial charge in [0.15, 0.2) is 0 Å². The van der Waals surface area contributed by atoms with E-state index < -0.39 is 0 Å². The third-order valence-corrected chi connectivity index (χ3v) is 3.70. The third-order valence-electron chi connectivity index (χ3n) is 3.70. The van der Waals surface area contributed by atoms with Gasteiger partial charge in [0.2, 0.25) is 0 Å². The highest BCUT2D eigenvalue weighted by atomic mass is 14.9. The van der Waals surface area contributed by atoms with E-state index in [9.17, 15) is 0 Å². The topological polar surface area (TPSA) is 12.0 Å². The van der Waals surface area contributed by atoms with E-state index in [1.54, 1.807) is 11.1 Å². The zero-order valence-electron chi connectivity index (χ0n) is 10.7. The SMILES string of the molecule is CC.Cc1ccc2c(c1)CC1CCCNC21. The maximum atomic E-state index is 3.66. The van der Waals surface area contributed by atoms with Crippen molar-refractivity contribution in [3.05, 3.63) is 34.9 Å². The van der Waals surface area contributed by atoms with Gasteiger partial charge in [-0.2, -0.15) is 0 Å². The summed E-state index contributed by atoms with van der Waals surface area (Å²) in [5, 5.41) is 3.66. The number of benzene rings is 1. The molecule has 3 rings (SSSR count). The minimum atomic E-state index is 0.666. The number of aryl methyl sites for hydroxylation is 1. The molecule has 0 spiro atoms. The van der Waals surface area contributed by atoms with Crippen LogP contribution in [-0.4, -0.2) is 6.54 Å². The van der Waals surface area contributed by atoms with Gasteiger partial charge < -0.3 is 5.32 Å². The summed E-state index contributed by atoms with van der Waals surface area (Å²) in [6.45, 7) is 7.39. The molecule has 1 aliphatic heterocycles. The third kappa shape index (κ3) is 2.01. The molecule has 1 aromatic carbocycles. The molecule has 1 fully saturated rings. The van der Waals surface area contributed by atoms with E-state index in [2.05, 4.69) is 30.4 Å². The van der Waals surface area contributed by atoms with Gasteiger partial charge in [0.25, 0.3) is 0 Å². The van der Waals surface area contributed by atoms with E-state index in [0.29, 0.717) is 6.04 Å². The maximum absolute atomic E-state index is 3.66. The molecule has 1 aromatic rings. The van der Waals surface area contributed by atoms with Gasteiger partial charge in [-0.3, -0.25) is 0 Å². The van der Waals surface area contributed by atoms with Crippen LogP contribution in [0.25, 0.3) is 0 Å². The van der Waals surface area contributed by atoms with E-state index in [0.717, 1.165) is 5.92 Å². The normalized spacial score (nSPS) is 26.4. The Morgan fingerprint density at radius 2 is 2.06 bits per heavy atom. The molecule has 88 valence electrons. The molecule has 2 unspecified atom stereocenters. The lowest BCUT2D eigenvalue weighted by atomic mass is 9.92. The van der Waals surface area contributed by atoms with Crippen LogP contribution >= 0.6 is 0 Å². The molecule has 2 aliphatic rings. The molecule has 1 saturated heterocycles. The number of rotatable bonds is 0. The molecular formula is C15H23N. The van der Waals surface area contributed by atoms with Crippen molar-refractivity contribution in [2.45, 2.75) is 46.1 Å². The molecular weight excluding hydrogens is 194 g/mol. The lowest BCUT2D eigenvalue weighted by Crippen LogP contribution is -2.31. The lowest BCUT2D eigenvalue weighted by molar-refractivity contribution is 0.307. The predicted molar refractivity (Wildman–Crippen MR) is 69.7 cm³/mol. The fraction of sp³-hybridized carbons (Fsp3) is 0.600. The Balaban J connectivity index is 0.000000457. The second kappa shape index (κ2) is 5.01. The van der Waals surface area contributed by atoms with Gasteiger partial charge >= 0.3 is 0 Å². The van der Waals surface area contributed by atoms with Gasteiger partial charge in [-0.25, -0.2) is 0 Å². The molecule has 1 N–H and O–H groups in total. The fourth-order valence-corrected chi connectivity index (χ4v) is 3.04. The molecule has 2 atom stereocenters. The number of fused-ring (bicyclic) bond motifs is 3. The number of piperidine rings is 1. The monoisotopic (exact) mass is 217 g/mol. The van der Waals surface area contributed by atoms with Crippen molar-refractivity contribution in [1.82, 2.24) is 5.32 Å². The quantitative estimate of drug-likeness (QED) is 0.700. The Kier molecular flexibility index (Phi) is 3.65. The van der Waals surface area contributed by atoms with E-state index in [1.165, 1.54) is 31.4 Å². The van der Waals surface area contributed by atoms with Crippen molar-refractivity contribution in [2.24, 2.45) is 5.92 Å². The average molecular weight is 217 g/mol. The Hall–Kier alpha value is -0.820. The molecule has 0 saturated carbocycles. The van der Waals surface area contributed by atoms with Crippen LogP contribution in [0.1, 0.15) is 49.4 Å². The van der Waals surface area contributed by atoms with E-state index in [1.807, 2.05) is 13.8 Å². The van der Waals surface area contributed by atoms with Gasteiger partial charge in [-0.1, -0.05) is 37.6 Å². The van der Waals surface area contributed by atoms with Crippen LogP contribution in [0.2, 0.25) is 0 Å². The van der Waals surface area contributed by atoms with Crippen molar-refractivity contribution in [1.29, 1.82) is 0 Å². The minimum Gasteiger partial charge on any atom is -0.310 e. The van der Waals surface area contributed by atoms with Crippen LogP contribution < -0.4 is 5.32 Å². The summed E-state index contributed by atoms with van der Waals surface area (Å²) in [5.41, 5.74) is 4.57. The average Bonchev–Trinajstić information content (AvgIpc) is 2.68. The van der Waals surface area contributed by atoms with E-state index in [-0.39, 0.29) is 0 Å². The smallest absolute Gasteiger partial charge is 0.0354 e. The summed E-state index contributed by atoms with van der Waals surface area (Å²) in [6, 6.07) is 7.61. The molecule has 1 heterocycles. The molecule has 1 heteroatoms. The standard InChI is InChI=1S/C13H17N.C2H6/c1-9-4-5-12-11(7-9)8-10-3-2-6-14-13(10)12;1-2/h4-5,7,10,13-14H,2-3,6,8H2,1H3;1-2H3. The van der Waals surface area contributed by atoms with Crippen LogP contribution in [0.15, 0.2) is 18.2 Å². The number of nitrogens with one attached hydrogen (secondary N) is 1. The fourth-order valence-electron chi connectivity index (χ4n) is 3.04. The molecule has 0 aromatic heterocycles. The van der Waals surface area contributed by atoms with Gasteiger partial charge in [0.1, 0.15) is 0 Å². The first-order chi connectivity index (χ1) is 7.84. The molecule has 0 amide bonds. The van der Waals surface area contributed by atoms with Crippen molar-refractivity contribution in [3.63, 3.8) is 0 Å². The van der Waals surface area contributed by atoms with Crippen molar-refractivity contribution in [2.75, 3.05) is 6.54 Å². The molecule has 1 nitrogen and oxygen atoms in total. The molecule has 1 aliphatic carbocycles. The van der Waals surface area contributed by atoms with Gasteiger partial charge in [0.05, 0.1) is 0 Å². The summed E-state index contributed by atoms with van der Waals surface area (Å²) in [7, 11) is 0. The van der Waals surface area contributed by atoms with Crippen molar-refractivity contribution >= 4 is 0 Å². The van der Waals surface area contributed by atoms with Gasteiger partial charge in [0, 0.05) is 6.04 Å². The summed E-state index contributed by atoms with van der Waals surface area (Å²) in [5.74, 6) is 0.876. The largest absolute Gasteiger partial charge is 0.310 e. The van der Waals surface area contributed by atoms with E-state index >= 15 is 0 Å². The zero-order valence-corrected chi connectivity index (χ0v) is 10.7. The molecule has 0 radical (unpaired) electrons. The number of hydrogen-bond donors (Lipinski definition) is 1. The Morgan fingerprint density at radius 3 is 2.88 bits per heavy atom. The second-order valence-corrected chi connectivity index (χ2v) is 4.74.